The molecule has 1 aromatic rings. The summed E-state index contributed by atoms with van der Waals surface area (Å²) in [7, 11) is -4.58. The Bertz CT molecular complexity index is 440. The van der Waals surface area contributed by atoms with Gasteiger partial charge in [-0.05, 0) is 23.2 Å². The first kappa shape index (κ1) is 10.3. The van der Waals surface area contributed by atoms with E-state index in [9.17, 15) is 17.2 Å². The highest BCUT2D eigenvalue weighted by molar-refractivity contribution is 7.87. The number of rotatable bonds is 2. The molecule has 0 aliphatic rings. The van der Waals surface area contributed by atoms with Crippen LogP contribution in [0, 0.1) is 0 Å². The van der Waals surface area contributed by atoms with Crippen LogP contribution in [0.15, 0.2) is 28.3 Å². The second kappa shape index (κ2) is 3.50. The fourth-order valence-corrected chi connectivity index (χ4v) is 2.12. The average Bonchev–Trinajstić information content (AvgIpc) is 2.03. The summed E-state index contributed by atoms with van der Waals surface area (Å²) in [6.07, 6.45) is 1.07. The Hall–Kier alpha value is -0.830. The maximum absolute atomic E-state index is 10.6. The van der Waals surface area contributed by atoms with Crippen molar-refractivity contribution in [2.45, 2.75) is 9.92 Å². The van der Waals surface area contributed by atoms with Gasteiger partial charge in [0.15, 0.2) is 5.03 Å². The van der Waals surface area contributed by atoms with E-state index in [1.165, 1.54) is 6.07 Å². The molecular weight excluding hydrogens is 218 g/mol. The number of pyridine rings is 1. The summed E-state index contributed by atoms with van der Waals surface area (Å²) in [6.45, 7) is 0. The quantitative estimate of drug-likeness (QED) is 0.537. The predicted molar refractivity (Wildman–Crippen MR) is 41.2 cm³/mol. The van der Waals surface area contributed by atoms with E-state index in [-0.39, 0.29) is 0 Å². The van der Waals surface area contributed by atoms with E-state index in [0.717, 1.165) is 12.3 Å². The molecule has 0 bridgehead atoms. The molecule has 0 aliphatic heterocycles. The summed E-state index contributed by atoms with van der Waals surface area (Å²) in [5.74, 6) is 0. The minimum atomic E-state index is -4.58. The molecule has 0 saturated carbocycles. The maximum Gasteiger partial charge on any atom is 0.313 e. The minimum absolute atomic E-state index is 0.551. The minimum Gasteiger partial charge on any atom is -0.768 e. The molecule has 0 aromatic carbocycles. The zero-order chi connectivity index (χ0) is 10.1. The summed E-state index contributed by atoms with van der Waals surface area (Å²) in [5.41, 5.74) is 0. The van der Waals surface area contributed by atoms with E-state index >= 15 is 0 Å². The molecule has 1 heterocycles. The Morgan fingerprint density at radius 1 is 1.54 bits per heavy atom. The SMILES string of the molecule is O=S([O-])c1cccnc1S(=O)(=O)O. The van der Waals surface area contributed by atoms with Crippen molar-refractivity contribution in [3.8, 4) is 0 Å². The second-order valence-corrected chi connectivity index (χ2v) is 4.26. The summed E-state index contributed by atoms with van der Waals surface area (Å²) in [4.78, 5) is 2.69. The van der Waals surface area contributed by atoms with E-state index in [0.29, 0.717) is 0 Å². The van der Waals surface area contributed by atoms with E-state index < -0.39 is 31.1 Å². The van der Waals surface area contributed by atoms with Crippen LogP contribution in [0.5, 0.6) is 0 Å². The van der Waals surface area contributed by atoms with Gasteiger partial charge >= 0.3 is 10.1 Å². The summed E-state index contributed by atoms with van der Waals surface area (Å²) in [6, 6.07) is 2.28. The van der Waals surface area contributed by atoms with E-state index in [1.54, 1.807) is 0 Å². The Morgan fingerprint density at radius 3 is 2.54 bits per heavy atom. The largest absolute Gasteiger partial charge is 0.768 e. The lowest BCUT2D eigenvalue weighted by Crippen LogP contribution is -2.06. The molecule has 0 saturated heterocycles. The number of nitrogens with zero attached hydrogens (tertiary/aromatic N) is 1. The monoisotopic (exact) mass is 222 g/mol. The van der Waals surface area contributed by atoms with Gasteiger partial charge in [-0.15, -0.1) is 0 Å². The van der Waals surface area contributed by atoms with Crippen molar-refractivity contribution in [3.05, 3.63) is 18.3 Å². The molecule has 8 heteroatoms. The Labute approximate surface area is 76.7 Å². The predicted octanol–water partition coefficient (Wildman–Crippen LogP) is -0.434. The molecule has 0 fully saturated rings. The summed E-state index contributed by atoms with van der Waals surface area (Å²) in [5, 5.41) is -0.858. The molecule has 1 unspecified atom stereocenters. The number of aromatic nitrogens is 1. The van der Waals surface area contributed by atoms with Gasteiger partial charge in [-0.1, -0.05) is 0 Å². The van der Waals surface area contributed by atoms with Crippen LogP contribution in [0.3, 0.4) is 0 Å². The number of hydrogen-bond acceptors (Lipinski definition) is 5. The first-order valence-electron chi connectivity index (χ1n) is 2.94. The van der Waals surface area contributed by atoms with Crippen LogP contribution >= 0.6 is 0 Å². The number of hydrogen-bond donors (Lipinski definition) is 1. The molecule has 0 aliphatic carbocycles. The molecule has 1 aromatic heterocycles. The van der Waals surface area contributed by atoms with Gasteiger partial charge in [0.1, 0.15) is 0 Å². The van der Waals surface area contributed by atoms with Gasteiger partial charge in [-0.3, -0.25) is 8.76 Å². The van der Waals surface area contributed by atoms with Crippen LogP contribution in [0.1, 0.15) is 0 Å². The van der Waals surface area contributed by atoms with Crippen LogP contribution in [0.25, 0.3) is 0 Å². The molecule has 72 valence electrons. The molecule has 13 heavy (non-hydrogen) atoms. The van der Waals surface area contributed by atoms with Crippen LogP contribution in [-0.4, -0.2) is 26.7 Å². The van der Waals surface area contributed by atoms with Gasteiger partial charge in [-0.25, -0.2) is 4.98 Å². The normalized spacial score (nSPS) is 14.0. The van der Waals surface area contributed by atoms with Gasteiger partial charge < -0.3 is 4.55 Å². The standard InChI is InChI=1S/C5H5NO5S2/c7-12(8)4-2-1-3-6-5(4)13(9,10)11/h1-3H,(H,7,8)(H,9,10,11)/p-1. The highest BCUT2D eigenvalue weighted by Crippen LogP contribution is 2.14. The first-order chi connectivity index (χ1) is 5.93. The fourth-order valence-electron chi connectivity index (χ4n) is 0.697. The molecule has 1 N–H and O–H groups in total. The lowest BCUT2D eigenvalue weighted by atomic mass is 10.5. The lowest BCUT2D eigenvalue weighted by molar-refractivity contribution is 0.473. The highest BCUT2D eigenvalue weighted by atomic mass is 32.2. The average molecular weight is 222 g/mol. The van der Waals surface area contributed by atoms with Crippen molar-refractivity contribution in [2.24, 2.45) is 0 Å². The van der Waals surface area contributed by atoms with Crippen molar-refractivity contribution in [3.63, 3.8) is 0 Å². The Kier molecular flexibility index (Phi) is 2.76. The Balaban J connectivity index is 3.46. The van der Waals surface area contributed by atoms with Gasteiger partial charge in [-0.2, -0.15) is 8.42 Å². The zero-order valence-electron chi connectivity index (χ0n) is 6.08. The van der Waals surface area contributed by atoms with Crippen LogP contribution in [0.4, 0.5) is 0 Å². The summed E-state index contributed by atoms with van der Waals surface area (Å²) >= 11 is -2.74. The first-order valence-corrected chi connectivity index (χ1v) is 5.46. The molecule has 1 rings (SSSR count). The van der Waals surface area contributed by atoms with E-state index in [1.807, 2.05) is 0 Å². The van der Waals surface area contributed by atoms with Crippen LogP contribution in [0.2, 0.25) is 0 Å². The molecule has 6 nitrogen and oxygen atoms in total. The van der Waals surface area contributed by atoms with Crippen molar-refractivity contribution in [1.82, 2.24) is 4.98 Å². The maximum atomic E-state index is 10.6. The smallest absolute Gasteiger partial charge is 0.313 e. The third kappa shape index (κ3) is 2.31. The van der Waals surface area contributed by atoms with Gasteiger partial charge in [0.25, 0.3) is 0 Å². The third-order valence-corrected chi connectivity index (χ3v) is 2.79. The van der Waals surface area contributed by atoms with Crippen molar-refractivity contribution < 1.29 is 21.7 Å². The van der Waals surface area contributed by atoms with E-state index in [4.69, 9.17) is 4.55 Å². The van der Waals surface area contributed by atoms with Crippen molar-refractivity contribution >= 4 is 21.2 Å². The van der Waals surface area contributed by atoms with Crippen molar-refractivity contribution in [1.29, 1.82) is 0 Å². The van der Waals surface area contributed by atoms with Gasteiger partial charge in [0, 0.05) is 6.20 Å². The fraction of sp³-hybridized carbons (Fsp3) is 0. The Morgan fingerprint density at radius 2 is 2.15 bits per heavy atom. The molecular formula is C5H4NO5S2-. The summed E-state index contributed by atoms with van der Waals surface area (Å²) < 4.78 is 50.6. The zero-order valence-corrected chi connectivity index (χ0v) is 7.71. The lowest BCUT2D eigenvalue weighted by Gasteiger charge is -2.07. The molecule has 0 spiro atoms. The van der Waals surface area contributed by atoms with E-state index in [2.05, 4.69) is 4.98 Å². The van der Waals surface area contributed by atoms with Crippen LogP contribution in [-0.2, 0) is 21.2 Å². The topological polar surface area (TPSA) is 107 Å². The second-order valence-electron chi connectivity index (χ2n) is 2.02. The van der Waals surface area contributed by atoms with Gasteiger partial charge in [0.05, 0.1) is 4.90 Å². The van der Waals surface area contributed by atoms with Gasteiger partial charge in [0.2, 0.25) is 0 Å². The molecule has 1 atom stereocenters. The van der Waals surface area contributed by atoms with Crippen LogP contribution < -0.4 is 0 Å². The van der Waals surface area contributed by atoms with Crippen molar-refractivity contribution in [2.75, 3.05) is 0 Å². The third-order valence-electron chi connectivity index (χ3n) is 1.16. The highest BCUT2D eigenvalue weighted by Gasteiger charge is 2.16. The molecule has 0 amide bonds. The molecule has 0 radical (unpaired) electrons.